The Labute approximate surface area is 127 Å². The Morgan fingerprint density at radius 2 is 1.71 bits per heavy atom. The zero-order valence-electron chi connectivity index (χ0n) is 12.8. The van der Waals surface area contributed by atoms with Crippen molar-refractivity contribution in [1.82, 2.24) is 4.98 Å². The molecule has 1 atom stereocenters. The zero-order valence-corrected chi connectivity index (χ0v) is 12.8. The number of aromatic amines is 1. The van der Waals surface area contributed by atoms with Gasteiger partial charge in [-0.15, -0.1) is 0 Å². The third-order valence-electron chi connectivity index (χ3n) is 3.64. The van der Waals surface area contributed by atoms with E-state index >= 15 is 0 Å². The van der Waals surface area contributed by atoms with E-state index in [0.717, 1.165) is 6.42 Å². The van der Waals surface area contributed by atoms with Gasteiger partial charge in [0.2, 0.25) is 0 Å². The van der Waals surface area contributed by atoms with Crippen molar-refractivity contribution in [3.63, 3.8) is 0 Å². The maximum absolute atomic E-state index is 5.79. The van der Waals surface area contributed by atoms with Crippen LogP contribution in [0.3, 0.4) is 0 Å². The molecule has 0 saturated heterocycles. The molecule has 1 unspecified atom stereocenters. The van der Waals surface area contributed by atoms with Gasteiger partial charge in [0.05, 0.1) is 0 Å². The molecular formula is C19H24N2. The van der Waals surface area contributed by atoms with E-state index in [1.807, 2.05) is 20.0 Å². The summed E-state index contributed by atoms with van der Waals surface area (Å²) in [6.07, 6.45) is 2.95. The average Bonchev–Trinajstić information content (AvgIpc) is 3.03. The van der Waals surface area contributed by atoms with Crippen LogP contribution in [0.4, 0.5) is 0 Å². The first-order valence-electron chi connectivity index (χ1n) is 7.70. The number of benzene rings is 2. The van der Waals surface area contributed by atoms with E-state index in [1.54, 1.807) is 0 Å². The summed E-state index contributed by atoms with van der Waals surface area (Å²) >= 11 is 0. The number of rotatable bonds is 4. The smallest absolute Gasteiger partial charge is 0.0456 e. The minimum atomic E-state index is 0.374. The number of H-pyrrole nitrogens is 1. The molecule has 0 aliphatic heterocycles. The molecule has 1 aromatic heterocycles. The predicted octanol–water partition coefficient (Wildman–Crippen LogP) is 4.67. The SMILES string of the molecule is CC.NCCC(c1ccccc1)c1ccc2cc[nH]c2c1. The Bertz CT molecular complexity index is 655. The molecule has 0 spiro atoms. The molecule has 0 aliphatic rings. The summed E-state index contributed by atoms with van der Waals surface area (Å²) in [5.41, 5.74) is 9.64. The lowest BCUT2D eigenvalue weighted by Crippen LogP contribution is -2.08. The van der Waals surface area contributed by atoms with Gasteiger partial charge in [-0.3, -0.25) is 0 Å². The molecule has 0 amide bonds. The van der Waals surface area contributed by atoms with Crippen LogP contribution >= 0.6 is 0 Å². The van der Waals surface area contributed by atoms with Crippen molar-refractivity contribution in [2.45, 2.75) is 26.2 Å². The summed E-state index contributed by atoms with van der Waals surface area (Å²) < 4.78 is 0. The van der Waals surface area contributed by atoms with E-state index in [1.165, 1.54) is 22.0 Å². The molecular weight excluding hydrogens is 256 g/mol. The van der Waals surface area contributed by atoms with Crippen LogP contribution in [0.1, 0.15) is 37.3 Å². The fourth-order valence-corrected chi connectivity index (χ4v) is 2.66. The van der Waals surface area contributed by atoms with Crippen LogP contribution in [0.2, 0.25) is 0 Å². The monoisotopic (exact) mass is 280 g/mol. The van der Waals surface area contributed by atoms with Crippen molar-refractivity contribution >= 4 is 10.9 Å². The zero-order chi connectivity index (χ0) is 15.1. The highest BCUT2D eigenvalue weighted by molar-refractivity contribution is 5.80. The Hall–Kier alpha value is -2.06. The van der Waals surface area contributed by atoms with Gasteiger partial charge in [0.25, 0.3) is 0 Å². The van der Waals surface area contributed by atoms with Gasteiger partial charge >= 0.3 is 0 Å². The molecule has 0 radical (unpaired) electrons. The number of aromatic nitrogens is 1. The highest BCUT2D eigenvalue weighted by Crippen LogP contribution is 2.29. The van der Waals surface area contributed by atoms with Crippen molar-refractivity contribution < 1.29 is 0 Å². The fraction of sp³-hybridized carbons (Fsp3) is 0.263. The van der Waals surface area contributed by atoms with Gasteiger partial charge < -0.3 is 10.7 Å². The normalized spacial score (nSPS) is 11.8. The van der Waals surface area contributed by atoms with Gasteiger partial charge in [-0.05, 0) is 41.6 Å². The van der Waals surface area contributed by atoms with Crippen LogP contribution in [0.5, 0.6) is 0 Å². The van der Waals surface area contributed by atoms with Crippen LogP contribution in [-0.4, -0.2) is 11.5 Å². The van der Waals surface area contributed by atoms with Gasteiger partial charge in [0, 0.05) is 17.6 Å². The largest absolute Gasteiger partial charge is 0.361 e. The molecule has 0 bridgehead atoms. The Balaban J connectivity index is 0.000000774. The lowest BCUT2D eigenvalue weighted by Gasteiger charge is -2.17. The topological polar surface area (TPSA) is 41.8 Å². The molecule has 110 valence electrons. The molecule has 3 aromatic rings. The molecule has 0 aliphatic carbocycles. The highest BCUT2D eigenvalue weighted by Gasteiger charge is 2.13. The molecule has 2 aromatic carbocycles. The first-order chi connectivity index (χ1) is 10.4. The van der Waals surface area contributed by atoms with Gasteiger partial charge in [0.15, 0.2) is 0 Å². The lowest BCUT2D eigenvalue weighted by atomic mass is 9.88. The number of hydrogen-bond donors (Lipinski definition) is 2. The second-order valence-corrected chi connectivity index (χ2v) is 4.86. The summed E-state index contributed by atoms with van der Waals surface area (Å²) in [5.74, 6) is 0.374. The standard InChI is InChI=1S/C17H18N2.C2H6/c18-10-8-16(13-4-2-1-3-5-13)15-7-6-14-9-11-19-17(14)12-15;1-2/h1-7,9,11-12,16,19H,8,10,18H2;1-2H3. The number of nitrogens with two attached hydrogens (primary N) is 1. The van der Waals surface area contributed by atoms with Gasteiger partial charge in [-0.1, -0.05) is 56.3 Å². The minimum absolute atomic E-state index is 0.374. The molecule has 2 heteroatoms. The summed E-state index contributed by atoms with van der Waals surface area (Å²) in [7, 11) is 0. The summed E-state index contributed by atoms with van der Waals surface area (Å²) in [6, 6.07) is 19.3. The quantitative estimate of drug-likeness (QED) is 0.716. The number of fused-ring (bicyclic) bond motifs is 1. The molecule has 21 heavy (non-hydrogen) atoms. The first-order valence-corrected chi connectivity index (χ1v) is 7.70. The van der Waals surface area contributed by atoms with E-state index in [9.17, 15) is 0 Å². The average molecular weight is 280 g/mol. The summed E-state index contributed by atoms with van der Waals surface area (Å²) in [4.78, 5) is 3.28. The summed E-state index contributed by atoms with van der Waals surface area (Å²) in [6.45, 7) is 4.70. The third-order valence-corrected chi connectivity index (χ3v) is 3.64. The number of hydrogen-bond acceptors (Lipinski definition) is 1. The minimum Gasteiger partial charge on any atom is -0.361 e. The molecule has 3 rings (SSSR count). The Morgan fingerprint density at radius 3 is 2.43 bits per heavy atom. The Kier molecular flexibility index (Phi) is 5.59. The first kappa shape index (κ1) is 15.3. The van der Waals surface area contributed by atoms with Crippen LogP contribution in [0, 0.1) is 0 Å². The molecule has 2 nitrogen and oxygen atoms in total. The number of nitrogens with one attached hydrogen (secondary N) is 1. The van der Waals surface area contributed by atoms with Gasteiger partial charge in [-0.25, -0.2) is 0 Å². The maximum Gasteiger partial charge on any atom is 0.0456 e. The fourth-order valence-electron chi connectivity index (χ4n) is 2.66. The van der Waals surface area contributed by atoms with Crippen LogP contribution in [0.15, 0.2) is 60.8 Å². The van der Waals surface area contributed by atoms with E-state index in [-0.39, 0.29) is 0 Å². The Morgan fingerprint density at radius 1 is 0.952 bits per heavy atom. The van der Waals surface area contributed by atoms with Crippen molar-refractivity contribution in [2.24, 2.45) is 5.73 Å². The molecule has 3 N–H and O–H groups in total. The van der Waals surface area contributed by atoms with Crippen LogP contribution < -0.4 is 5.73 Å². The van der Waals surface area contributed by atoms with E-state index < -0.39 is 0 Å². The second kappa shape index (κ2) is 7.65. The van der Waals surface area contributed by atoms with Crippen LogP contribution in [0.25, 0.3) is 10.9 Å². The van der Waals surface area contributed by atoms with Crippen LogP contribution in [-0.2, 0) is 0 Å². The second-order valence-electron chi connectivity index (χ2n) is 4.86. The van der Waals surface area contributed by atoms with Crippen molar-refractivity contribution in [1.29, 1.82) is 0 Å². The lowest BCUT2D eigenvalue weighted by molar-refractivity contribution is 0.727. The van der Waals surface area contributed by atoms with Crippen molar-refractivity contribution in [3.8, 4) is 0 Å². The van der Waals surface area contributed by atoms with E-state index in [0.29, 0.717) is 12.5 Å². The van der Waals surface area contributed by atoms with Crippen molar-refractivity contribution in [2.75, 3.05) is 6.54 Å². The van der Waals surface area contributed by atoms with E-state index in [2.05, 4.69) is 59.6 Å². The summed E-state index contributed by atoms with van der Waals surface area (Å²) in [5, 5.41) is 1.25. The molecule has 1 heterocycles. The maximum atomic E-state index is 5.79. The molecule has 0 saturated carbocycles. The third kappa shape index (κ3) is 3.53. The van der Waals surface area contributed by atoms with Gasteiger partial charge in [-0.2, -0.15) is 0 Å². The van der Waals surface area contributed by atoms with Crippen molar-refractivity contribution in [3.05, 3.63) is 71.9 Å². The highest BCUT2D eigenvalue weighted by atomic mass is 14.7. The van der Waals surface area contributed by atoms with Gasteiger partial charge in [0.1, 0.15) is 0 Å². The predicted molar refractivity (Wildman–Crippen MR) is 91.6 cm³/mol. The molecule has 0 fully saturated rings. The van der Waals surface area contributed by atoms with E-state index in [4.69, 9.17) is 5.73 Å².